The molecule has 0 unspecified atom stereocenters. The van der Waals surface area contributed by atoms with E-state index in [1.807, 2.05) is 0 Å². The highest BCUT2D eigenvalue weighted by Crippen LogP contribution is 1.99. The predicted octanol–water partition coefficient (Wildman–Crippen LogP) is 0.899. The number of hydrogen-bond acceptors (Lipinski definition) is 3. The van der Waals surface area contributed by atoms with Crippen LogP contribution < -0.4 is 5.32 Å². The summed E-state index contributed by atoms with van der Waals surface area (Å²) in [4.78, 5) is 15.0. The van der Waals surface area contributed by atoms with Crippen molar-refractivity contribution < 1.29 is 9.21 Å². The monoisotopic (exact) mass is 166 g/mol. The highest BCUT2D eigenvalue weighted by molar-refractivity contribution is 5.91. The van der Waals surface area contributed by atoms with Crippen molar-refractivity contribution in [2.75, 3.05) is 6.54 Å². The van der Waals surface area contributed by atoms with Gasteiger partial charge in [0, 0.05) is 13.5 Å². The summed E-state index contributed by atoms with van der Waals surface area (Å²) in [5, 5.41) is 2.58. The Bertz CT molecular complexity index is 291. The fraction of sp³-hybridized carbons (Fsp3) is 0.250. The van der Waals surface area contributed by atoms with Gasteiger partial charge >= 0.3 is 0 Å². The molecule has 0 radical (unpaired) electrons. The summed E-state index contributed by atoms with van der Waals surface area (Å²) in [6.07, 6.45) is 2.93. The third-order valence-electron chi connectivity index (χ3n) is 1.26. The van der Waals surface area contributed by atoms with E-state index in [0.717, 1.165) is 0 Å². The Kier molecular flexibility index (Phi) is 2.63. The fourth-order valence-corrected chi connectivity index (χ4v) is 0.723. The van der Waals surface area contributed by atoms with Gasteiger partial charge in [-0.1, -0.05) is 6.08 Å². The smallest absolute Gasteiger partial charge is 0.273 e. The number of oxazole rings is 1. The van der Waals surface area contributed by atoms with Crippen LogP contribution in [0.1, 0.15) is 16.4 Å². The van der Waals surface area contributed by atoms with E-state index in [1.54, 1.807) is 13.0 Å². The molecule has 0 aliphatic carbocycles. The van der Waals surface area contributed by atoms with Crippen molar-refractivity contribution in [3.8, 4) is 0 Å². The summed E-state index contributed by atoms with van der Waals surface area (Å²) in [5.74, 6) is 0.241. The van der Waals surface area contributed by atoms with Crippen molar-refractivity contribution in [1.82, 2.24) is 10.3 Å². The molecule has 1 aromatic heterocycles. The van der Waals surface area contributed by atoms with Crippen LogP contribution in [-0.4, -0.2) is 17.4 Å². The fourth-order valence-electron chi connectivity index (χ4n) is 0.723. The lowest BCUT2D eigenvalue weighted by Gasteiger charge is -1.95. The Hall–Kier alpha value is -1.58. The van der Waals surface area contributed by atoms with E-state index in [-0.39, 0.29) is 5.91 Å². The molecule has 0 saturated heterocycles. The lowest BCUT2D eigenvalue weighted by atomic mass is 10.4. The van der Waals surface area contributed by atoms with Gasteiger partial charge < -0.3 is 9.73 Å². The molecule has 0 spiro atoms. The van der Waals surface area contributed by atoms with Crippen LogP contribution in [0, 0.1) is 6.92 Å². The van der Waals surface area contributed by atoms with Crippen LogP contribution in [0.4, 0.5) is 0 Å². The Morgan fingerprint density at radius 2 is 2.67 bits per heavy atom. The van der Waals surface area contributed by atoms with E-state index in [0.29, 0.717) is 18.1 Å². The van der Waals surface area contributed by atoms with Gasteiger partial charge in [0.2, 0.25) is 0 Å². The Balaban J connectivity index is 2.59. The SMILES string of the molecule is C=CCNC(=O)c1coc(C)n1. The molecule has 4 nitrogen and oxygen atoms in total. The molecule has 4 heteroatoms. The van der Waals surface area contributed by atoms with Crippen LogP contribution in [0.2, 0.25) is 0 Å². The maximum atomic E-state index is 11.1. The number of carbonyl (C=O) groups is 1. The second-order valence-electron chi connectivity index (χ2n) is 2.25. The van der Waals surface area contributed by atoms with Gasteiger partial charge in [0.1, 0.15) is 6.26 Å². The van der Waals surface area contributed by atoms with E-state index in [2.05, 4.69) is 16.9 Å². The van der Waals surface area contributed by atoms with Gasteiger partial charge in [-0.2, -0.15) is 0 Å². The maximum absolute atomic E-state index is 11.1. The molecule has 64 valence electrons. The number of rotatable bonds is 3. The minimum Gasteiger partial charge on any atom is -0.448 e. The van der Waals surface area contributed by atoms with Crippen LogP contribution in [-0.2, 0) is 0 Å². The quantitative estimate of drug-likeness (QED) is 0.678. The summed E-state index contributed by atoms with van der Waals surface area (Å²) in [6, 6.07) is 0. The van der Waals surface area contributed by atoms with Crippen LogP contribution in [0.5, 0.6) is 0 Å². The van der Waals surface area contributed by atoms with Crippen molar-refractivity contribution >= 4 is 5.91 Å². The first-order valence-corrected chi connectivity index (χ1v) is 3.55. The molecule has 0 atom stereocenters. The van der Waals surface area contributed by atoms with Gasteiger partial charge in [-0.15, -0.1) is 6.58 Å². The molecular weight excluding hydrogens is 156 g/mol. The van der Waals surface area contributed by atoms with E-state index in [4.69, 9.17) is 4.42 Å². The Morgan fingerprint density at radius 3 is 3.17 bits per heavy atom. The van der Waals surface area contributed by atoms with Crippen molar-refractivity contribution in [2.45, 2.75) is 6.92 Å². The standard InChI is InChI=1S/C8H10N2O2/c1-3-4-9-8(11)7-5-12-6(2)10-7/h3,5H,1,4H2,2H3,(H,9,11). The van der Waals surface area contributed by atoms with Gasteiger partial charge in [-0.25, -0.2) is 4.98 Å². The Morgan fingerprint density at radius 1 is 1.92 bits per heavy atom. The number of nitrogens with zero attached hydrogens (tertiary/aromatic N) is 1. The highest BCUT2D eigenvalue weighted by atomic mass is 16.3. The molecule has 1 aromatic rings. The zero-order chi connectivity index (χ0) is 8.97. The molecule has 0 aromatic carbocycles. The van der Waals surface area contributed by atoms with Crippen LogP contribution >= 0.6 is 0 Å². The molecule has 1 rings (SSSR count). The summed E-state index contributed by atoms with van der Waals surface area (Å²) in [5.41, 5.74) is 0.300. The molecule has 1 amide bonds. The predicted molar refractivity (Wildman–Crippen MR) is 43.8 cm³/mol. The van der Waals surface area contributed by atoms with Crippen molar-refractivity contribution in [3.63, 3.8) is 0 Å². The molecule has 0 fully saturated rings. The largest absolute Gasteiger partial charge is 0.448 e. The van der Waals surface area contributed by atoms with Gasteiger partial charge in [-0.05, 0) is 0 Å². The minimum atomic E-state index is -0.244. The number of aromatic nitrogens is 1. The zero-order valence-corrected chi connectivity index (χ0v) is 6.83. The first-order chi connectivity index (χ1) is 5.74. The first-order valence-electron chi connectivity index (χ1n) is 3.55. The summed E-state index contributed by atoms with van der Waals surface area (Å²) < 4.78 is 4.87. The number of amides is 1. The topological polar surface area (TPSA) is 55.1 Å². The van der Waals surface area contributed by atoms with Crippen molar-refractivity contribution in [2.24, 2.45) is 0 Å². The molecule has 0 bridgehead atoms. The van der Waals surface area contributed by atoms with E-state index < -0.39 is 0 Å². The maximum Gasteiger partial charge on any atom is 0.273 e. The normalized spacial score (nSPS) is 9.42. The second-order valence-corrected chi connectivity index (χ2v) is 2.25. The number of aryl methyl sites for hydroxylation is 1. The third-order valence-corrected chi connectivity index (χ3v) is 1.26. The van der Waals surface area contributed by atoms with Gasteiger partial charge in [0.25, 0.3) is 5.91 Å². The Labute approximate surface area is 70.3 Å². The average Bonchev–Trinajstić information content (AvgIpc) is 2.47. The lowest BCUT2D eigenvalue weighted by Crippen LogP contribution is -2.23. The first kappa shape index (κ1) is 8.52. The van der Waals surface area contributed by atoms with Gasteiger partial charge in [0.05, 0.1) is 0 Å². The summed E-state index contributed by atoms with van der Waals surface area (Å²) >= 11 is 0. The third kappa shape index (κ3) is 1.95. The average molecular weight is 166 g/mol. The van der Waals surface area contributed by atoms with E-state index >= 15 is 0 Å². The van der Waals surface area contributed by atoms with Crippen LogP contribution in [0.3, 0.4) is 0 Å². The van der Waals surface area contributed by atoms with Gasteiger partial charge in [0.15, 0.2) is 11.6 Å². The second kappa shape index (κ2) is 3.71. The molecule has 1 N–H and O–H groups in total. The summed E-state index contributed by atoms with van der Waals surface area (Å²) in [7, 11) is 0. The number of nitrogens with one attached hydrogen (secondary N) is 1. The number of carbonyl (C=O) groups excluding carboxylic acids is 1. The van der Waals surface area contributed by atoms with Crippen molar-refractivity contribution in [1.29, 1.82) is 0 Å². The van der Waals surface area contributed by atoms with Gasteiger partial charge in [-0.3, -0.25) is 4.79 Å². The lowest BCUT2D eigenvalue weighted by molar-refractivity contribution is 0.0953. The molecule has 0 aliphatic rings. The molecule has 1 heterocycles. The van der Waals surface area contributed by atoms with Crippen LogP contribution in [0.25, 0.3) is 0 Å². The molecule has 12 heavy (non-hydrogen) atoms. The van der Waals surface area contributed by atoms with Crippen molar-refractivity contribution in [3.05, 3.63) is 30.5 Å². The van der Waals surface area contributed by atoms with Crippen LogP contribution in [0.15, 0.2) is 23.3 Å². The number of hydrogen-bond donors (Lipinski definition) is 1. The van der Waals surface area contributed by atoms with E-state index in [9.17, 15) is 4.79 Å². The highest BCUT2D eigenvalue weighted by Gasteiger charge is 2.07. The molecular formula is C8H10N2O2. The summed E-state index contributed by atoms with van der Waals surface area (Å²) in [6.45, 7) is 5.59. The molecule has 0 saturated carbocycles. The zero-order valence-electron chi connectivity index (χ0n) is 6.83. The molecule has 0 aliphatic heterocycles. The minimum absolute atomic E-state index is 0.244. The van der Waals surface area contributed by atoms with E-state index in [1.165, 1.54) is 6.26 Å².